The van der Waals surface area contributed by atoms with E-state index in [0.717, 1.165) is 0 Å². The van der Waals surface area contributed by atoms with Crippen LogP contribution in [-0.2, 0) is 14.8 Å². The molecule has 0 aromatic carbocycles. The molecule has 0 spiro atoms. The molecule has 0 radical (unpaired) electrons. The number of rotatable bonds is 3. The topological polar surface area (TPSA) is 95.5 Å². The first kappa shape index (κ1) is 15.4. The van der Waals surface area contributed by atoms with Crippen molar-refractivity contribution in [2.75, 3.05) is 19.7 Å². The van der Waals surface area contributed by atoms with Gasteiger partial charge in [-0.2, -0.15) is 9.40 Å². The molecule has 2 N–H and O–H groups in total. The van der Waals surface area contributed by atoms with Gasteiger partial charge in [0.1, 0.15) is 4.90 Å². The molecular formula is C12H21N3O4S. The van der Waals surface area contributed by atoms with Crippen LogP contribution < -0.4 is 0 Å². The van der Waals surface area contributed by atoms with Crippen LogP contribution in [0.5, 0.6) is 0 Å². The molecule has 1 aliphatic heterocycles. The van der Waals surface area contributed by atoms with Gasteiger partial charge in [0.2, 0.25) is 10.0 Å². The molecule has 2 heterocycles. The summed E-state index contributed by atoms with van der Waals surface area (Å²) in [7, 11) is -3.65. The summed E-state index contributed by atoms with van der Waals surface area (Å²) in [5.41, 5.74) is 0.337. The summed E-state index contributed by atoms with van der Waals surface area (Å²) in [6, 6.07) is 0. The first-order valence-corrected chi connectivity index (χ1v) is 7.92. The number of hydrogen-bond donors (Lipinski definition) is 2. The summed E-state index contributed by atoms with van der Waals surface area (Å²) in [5, 5.41) is 15.9. The Morgan fingerprint density at radius 2 is 2.15 bits per heavy atom. The second-order valence-corrected chi connectivity index (χ2v) is 7.62. The SMILES string of the molecule is Cc1n[nH]c(C)c1S(=O)(=O)N1CC(CO)OC(C)(C)C1. The number of aliphatic hydroxyl groups is 1. The highest BCUT2D eigenvalue weighted by molar-refractivity contribution is 7.89. The lowest BCUT2D eigenvalue weighted by molar-refractivity contribution is -0.131. The van der Waals surface area contributed by atoms with Gasteiger partial charge in [0, 0.05) is 13.1 Å². The summed E-state index contributed by atoms with van der Waals surface area (Å²) in [4.78, 5) is 0.215. The molecule has 1 atom stereocenters. The lowest BCUT2D eigenvalue weighted by atomic mass is 10.1. The fourth-order valence-electron chi connectivity index (χ4n) is 2.57. The zero-order valence-corrected chi connectivity index (χ0v) is 13.0. The Balaban J connectivity index is 2.39. The zero-order chi connectivity index (χ0) is 15.1. The Kier molecular flexibility index (Phi) is 3.94. The fraction of sp³-hybridized carbons (Fsp3) is 0.750. The van der Waals surface area contributed by atoms with Gasteiger partial charge in [0.15, 0.2) is 0 Å². The van der Waals surface area contributed by atoms with Crippen LogP contribution in [0.2, 0.25) is 0 Å². The lowest BCUT2D eigenvalue weighted by Gasteiger charge is -2.41. The molecule has 7 nitrogen and oxygen atoms in total. The minimum Gasteiger partial charge on any atom is -0.394 e. The number of sulfonamides is 1. The third-order valence-electron chi connectivity index (χ3n) is 3.31. The van der Waals surface area contributed by atoms with Crippen LogP contribution >= 0.6 is 0 Å². The number of nitrogens with one attached hydrogen (secondary N) is 1. The first-order valence-electron chi connectivity index (χ1n) is 6.48. The molecule has 0 bridgehead atoms. The third-order valence-corrected chi connectivity index (χ3v) is 5.39. The Morgan fingerprint density at radius 1 is 1.50 bits per heavy atom. The van der Waals surface area contributed by atoms with Gasteiger partial charge < -0.3 is 9.84 Å². The highest BCUT2D eigenvalue weighted by Gasteiger charge is 2.40. The molecule has 0 saturated carbocycles. The van der Waals surface area contributed by atoms with Crippen LogP contribution in [0.3, 0.4) is 0 Å². The smallest absolute Gasteiger partial charge is 0.246 e. The normalized spacial score (nSPS) is 23.9. The molecule has 1 unspecified atom stereocenters. The number of nitrogens with zero attached hydrogens (tertiary/aromatic N) is 2. The summed E-state index contributed by atoms with van der Waals surface area (Å²) in [6.45, 7) is 7.15. The van der Waals surface area contributed by atoms with E-state index in [-0.39, 0.29) is 24.6 Å². The van der Waals surface area contributed by atoms with Crippen LogP contribution in [0.1, 0.15) is 25.2 Å². The fourth-order valence-corrected chi connectivity index (χ4v) is 4.52. The maximum Gasteiger partial charge on any atom is 0.246 e. The minimum atomic E-state index is -3.65. The van der Waals surface area contributed by atoms with Crippen LogP contribution in [0, 0.1) is 13.8 Å². The van der Waals surface area contributed by atoms with Gasteiger partial charge in [-0.15, -0.1) is 0 Å². The van der Waals surface area contributed by atoms with Gasteiger partial charge in [-0.1, -0.05) is 0 Å². The predicted molar refractivity (Wildman–Crippen MR) is 72.9 cm³/mol. The van der Waals surface area contributed by atoms with Gasteiger partial charge in [-0.05, 0) is 27.7 Å². The van der Waals surface area contributed by atoms with Gasteiger partial charge in [0.25, 0.3) is 0 Å². The molecule has 0 amide bonds. The quantitative estimate of drug-likeness (QED) is 0.831. The van der Waals surface area contributed by atoms with Crippen molar-refractivity contribution in [2.45, 2.75) is 44.3 Å². The molecule has 1 saturated heterocycles. The number of aromatic amines is 1. The summed E-state index contributed by atoms with van der Waals surface area (Å²) >= 11 is 0. The second kappa shape index (κ2) is 5.10. The number of hydrogen-bond acceptors (Lipinski definition) is 5. The molecule has 114 valence electrons. The number of aromatic nitrogens is 2. The number of ether oxygens (including phenoxy) is 1. The number of morpholine rings is 1. The van der Waals surface area contributed by atoms with Gasteiger partial charge in [-0.3, -0.25) is 5.10 Å². The average molecular weight is 303 g/mol. The van der Waals surface area contributed by atoms with Crippen molar-refractivity contribution in [1.82, 2.24) is 14.5 Å². The van der Waals surface area contributed by atoms with Crippen LogP contribution in [0.25, 0.3) is 0 Å². The van der Waals surface area contributed by atoms with Gasteiger partial charge >= 0.3 is 0 Å². The monoisotopic (exact) mass is 303 g/mol. The van der Waals surface area contributed by atoms with E-state index in [1.807, 2.05) is 13.8 Å². The molecule has 0 aliphatic carbocycles. The molecule has 1 aliphatic rings. The lowest BCUT2D eigenvalue weighted by Crippen LogP contribution is -2.55. The number of aliphatic hydroxyl groups excluding tert-OH is 1. The Hall–Kier alpha value is -0.960. The van der Waals surface area contributed by atoms with E-state index < -0.39 is 21.7 Å². The first-order chi connectivity index (χ1) is 9.17. The van der Waals surface area contributed by atoms with Gasteiger partial charge in [0.05, 0.1) is 29.7 Å². The van der Waals surface area contributed by atoms with E-state index in [1.54, 1.807) is 13.8 Å². The van der Waals surface area contributed by atoms with Crippen LogP contribution in [0.4, 0.5) is 0 Å². The van der Waals surface area contributed by atoms with E-state index >= 15 is 0 Å². The van der Waals surface area contributed by atoms with Crippen LogP contribution in [0.15, 0.2) is 4.90 Å². The van der Waals surface area contributed by atoms with Crippen molar-refractivity contribution >= 4 is 10.0 Å². The zero-order valence-electron chi connectivity index (χ0n) is 12.2. The molecular weight excluding hydrogens is 282 g/mol. The van der Waals surface area contributed by atoms with Crippen molar-refractivity contribution < 1.29 is 18.3 Å². The molecule has 1 aromatic heterocycles. The molecule has 20 heavy (non-hydrogen) atoms. The highest BCUT2D eigenvalue weighted by Crippen LogP contribution is 2.28. The third kappa shape index (κ3) is 2.73. The maximum atomic E-state index is 12.8. The standard InChI is InChI=1S/C12H21N3O4S/c1-8-11(9(2)14-13-8)20(17,18)15-5-10(6-16)19-12(3,4)7-15/h10,16H,5-7H2,1-4H3,(H,13,14). The second-order valence-electron chi connectivity index (χ2n) is 5.74. The minimum absolute atomic E-state index is 0.145. The molecule has 1 aromatic rings. The maximum absolute atomic E-state index is 12.8. The van der Waals surface area contributed by atoms with E-state index in [0.29, 0.717) is 11.4 Å². The van der Waals surface area contributed by atoms with E-state index in [1.165, 1.54) is 4.31 Å². The van der Waals surface area contributed by atoms with Crippen molar-refractivity contribution in [3.63, 3.8) is 0 Å². The number of aryl methyl sites for hydroxylation is 2. The predicted octanol–water partition coefficient (Wildman–Crippen LogP) is 0.187. The summed E-state index contributed by atoms with van der Waals surface area (Å²) < 4.78 is 32.5. The van der Waals surface area contributed by atoms with E-state index in [2.05, 4.69) is 10.2 Å². The molecule has 2 rings (SSSR count). The highest BCUT2D eigenvalue weighted by atomic mass is 32.2. The largest absolute Gasteiger partial charge is 0.394 e. The number of H-pyrrole nitrogens is 1. The van der Waals surface area contributed by atoms with Crippen molar-refractivity contribution in [3.8, 4) is 0 Å². The van der Waals surface area contributed by atoms with Crippen molar-refractivity contribution in [2.24, 2.45) is 0 Å². The van der Waals surface area contributed by atoms with E-state index in [9.17, 15) is 13.5 Å². The molecule has 8 heteroatoms. The van der Waals surface area contributed by atoms with Crippen LogP contribution in [-0.4, -0.2) is 59.4 Å². The van der Waals surface area contributed by atoms with Crippen molar-refractivity contribution in [3.05, 3.63) is 11.4 Å². The average Bonchev–Trinajstić information content (AvgIpc) is 2.67. The molecule has 1 fully saturated rings. The van der Waals surface area contributed by atoms with Gasteiger partial charge in [-0.25, -0.2) is 8.42 Å². The summed E-state index contributed by atoms with van der Waals surface area (Å²) in [6.07, 6.45) is -0.513. The Bertz CT molecular complexity index is 574. The Morgan fingerprint density at radius 3 is 2.65 bits per heavy atom. The van der Waals surface area contributed by atoms with E-state index in [4.69, 9.17) is 4.74 Å². The van der Waals surface area contributed by atoms with Crippen molar-refractivity contribution in [1.29, 1.82) is 0 Å². The summed E-state index contributed by atoms with van der Waals surface area (Å²) in [5.74, 6) is 0. The Labute approximate surface area is 119 Å².